The topological polar surface area (TPSA) is 52.6 Å². The molecule has 1 amide bonds. The van der Waals surface area contributed by atoms with Gasteiger partial charge in [0, 0.05) is 29.3 Å². The molecule has 1 saturated heterocycles. The number of hydrogen-bond acceptors (Lipinski definition) is 3. The van der Waals surface area contributed by atoms with Gasteiger partial charge in [0.05, 0.1) is 0 Å². The van der Waals surface area contributed by atoms with Crippen LogP contribution in [0.3, 0.4) is 0 Å². The maximum atomic E-state index is 12.2. The average Bonchev–Trinajstić information content (AvgIpc) is 3.10. The molecule has 2 aliphatic rings. The van der Waals surface area contributed by atoms with Crippen molar-refractivity contribution < 1.29 is 9.90 Å². The molecule has 1 aromatic rings. The van der Waals surface area contributed by atoms with Crippen LogP contribution in [0.1, 0.15) is 32.1 Å². The van der Waals surface area contributed by atoms with Crippen LogP contribution in [0.15, 0.2) is 28.7 Å². The van der Waals surface area contributed by atoms with Crippen LogP contribution < -0.4 is 10.2 Å². The number of anilines is 1. The van der Waals surface area contributed by atoms with Gasteiger partial charge in [-0.1, -0.05) is 15.9 Å². The lowest BCUT2D eigenvalue weighted by Gasteiger charge is -2.24. The van der Waals surface area contributed by atoms with E-state index in [0.717, 1.165) is 36.8 Å². The minimum absolute atomic E-state index is 0.130. The highest BCUT2D eigenvalue weighted by Crippen LogP contribution is 2.30. The number of nitrogens with one attached hydrogen (secondary N) is 1. The lowest BCUT2D eigenvalue weighted by atomic mass is 10.0. The summed E-state index contributed by atoms with van der Waals surface area (Å²) in [6, 6.07) is 8.36. The van der Waals surface area contributed by atoms with Crippen molar-refractivity contribution in [3.8, 4) is 0 Å². The van der Waals surface area contributed by atoms with Gasteiger partial charge in [0.25, 0.3) is 5.91 Å². The molecule has 0 aromatic heterocycles. The summed E-state index contributed by atoms with van der Waals surface area (Å²) in [6.45, 7) is 1.74. The molecule has 2 fully saturated rings. The molecule has 21 heavy (non-hydrogen) atoms. The Morgan fingerprint density at radius 3 is 2.62 bits per heavy atom. The minimum Gasteiger partial charge on any atom is -0.380 e. The van der Waals surface area contributed by atoms with Crippen molar-refractivity contribution in [2.45, 2.75) is 43.7 Å². The van der Waals surface area contributed by atoms with Crippen molar-refractivity contribution in [2.75, 3.05) is 18.0 Å². The predicted octanol–water partition coefficient (Wildman–Crippen LogP) is 2.45. The van der Waals surface area contributed by atoms with Gasteiger partial charge in [0.1, 0.15) is 5.60 Å². The molecule has 1 aliphatic carbocycles. The molecule has 4 nitrogen and oxygen atoms in total. The van der Waals surface area contributed by atoms with Crippen molar-refractivity contribution in [1.29, 1.82) is 0 Å². The summed E-state index contributed by atoms with van der Waals surface area (Å²) in [6.07, 6.45) is 4.01. The summed E-state index contributed by atoms with van der Waals surface area (Å²) < 4.78 is 1.07. The van der Waals surface area contributed by atoms with Crippen LogP contribution in [0.5, 0.6) is 0 Å². The van der Waals surface area contributed by atoms with Crippen LogP contribution in [0.4, 0.5) is 5.69 Å². The first-order chi connectivity index (χ1) is 10.1. The molecule has 5 heteroatoms. The highest BCUT2D eigenvalue weighted by atomic mass is 79.9. The van der Waals surface area contributed by atoms with Crippen molar-refractivity contribution in [3.05, 3.63) is 28.7 Å². The van der Waals surface area contributed by atoms with Crippen LogP contribution in [-0.2, 0) is 4.79 Å². The van der Waals surface area contributed by atoms with Crippen molar-refractivity contribution >= 4 is 27.5 Å². The first-order valence-corrected chi connectivity index (χ1v) is 8.40. The molecule has 0 spiro atoms. The Morgan fingerprint density at radius 1 is 1.29 bits per heavy atom. The number of nitrogens with zero attached hydrogens (tertiary/aromatic N) is 1. The molecular weight excluding hydrogens is 332 g/mol. The molecule has 0 unspecified atom stereocenters. The SMILES string of the molecule is O=C(N[C@H]1CCN(c2ccc(Br)cc2)C1)C1(O)CCCC1. The van der Waals surface area contributed by atoms with Crippen molar-refractivity contribution in [3.63, 3.8) is 0 Å². The summed E-state index contributed by atoms with van der Waals surface area (Å²) in [7, 11) is 0. The van der Waals surface area contributed by atoms with E-state index in [9.17, 15) is 9.90 Å². The van der Waals surface area contributed by atoms with E-state index >= 15 is 0 Å². The largest absolute Gasteiger partial charge is 0.380 e. The normalized spacial score (nSPS) is 24.3. The molecule has 1 aromatic carbocycles. The predicted molar refractivity (Wildman–Crippen MR) is 86.3 cm³/mol. The number of benzene rings is 1. The summed E-state index contributed by atoms with van der Waals surface area (Å²) in [4.78, 5) is 14.5. The quantitative estimate of drug-likeness (QED) is 0.878. The summed E-state index contributed by atoms with van der Waals surface area (Å²) in [5.74, 6) is -0.178. The standard InChI is InChI=1S/C16H21BrN2O2/c17-12-3-5-14(6-4-12)19-10-7-13(11-19)18-15(20)16(21)8-1-2-9-16/h3-6,13,21H,1-2,7-11H2,(H,18,20)/t13-/m0/s1. The third-order valence-corrected chi connectivity index (χ3v) is 5.10. The molecule has 1 heterocycles. The van der Waals surface area contributed by atoms with Crippen LogP contribution in [-0.4, -0.2) is 35.7 Å². The van der Waals surface area contributed by atoms with Gasteiger partial charge in [-0.2, -0.15) is 0 Å². The van der Waals surface area contributed by atoms with Crippen LogP contribution in [0.25, 0.3) is 0 Å². The summed E-state index contributed by atoms with van der Waals surface area (Å²) in [5.41, 5.74) is 0.0555. The Hall–Kier alpha value is -1.07. The number of carbonyl (C=O) groups excluding carboxylic acids is 1. The molecular formula is C16H21BrN2O2. The molecule has 1 aliphatic heterocycles. The zero-order valence-electron chi connectivity index (χ0n) is 12.0. The number of halogens is 1. The number of carbonyl (C=O) groups is 1. The molecule has 0 bridgehead atoms. The third-order valence-electron chi connectivity index (χ3n) is 4.57. The van der Waals surface area contributed by atoms with Gasteiger partial charge in [-0.3, -0.25) is 4.79 Å². The van der Waals surface area contributed by atoms with E-state index in [1.807, 2.05) is 12.1 Å². The van der Waals surface area contributed by atoms with Crippen LogP contribution in [0.2, 0.25) is 0 Å². The number of aliphatic hydroxyl groups is 1. The fraction of sp³-hybridized carbons (Fsp3) is 0.562. The third kappa shape index (κ3) is 3.24. The van der Waals surface area contributed by atoms with Gasteiger partial charge in [-0.05, 0) is 56.4 Å². The Balaban J connectivity index is 1.57. The average molecular weight is 353 g/mol. The van der Waals surface area contributed by atoms with Gasteiger partial charge >= 0.3 is 0 Å². The second kappa shape index (κ2) is 5.97. The fourth-order valence-corrected chi connectivity index (χ4v) is 3.54. The molecule has 1 saturated carbocycles. The zero-order valence-corrected chi connectivity index (χ0v) is 13.6. The van der Waals surface area contributed by atoms with Gasteiger partial charge in [-0.25, -0.2) is 0 Å². The zero-order chi connectivity index (χ0) is 14.9. The molecule has 3 rings (SSSR count). The first kappa shape index (κ1) is 14.9. The molecule has 114 valence electrons. The highest BCUT2D eigenvalue weighted by Gasteiger charge is 2.40. The molecule has 0 radical (unpaired) electrons. The maximum absolute atomic E-state index is 12.2. The first-order valence-electron chi connectivity index (χ1n) is 7.61. The van der Waals surface area contributed by atoms with Gasteiger partial charge in [-0.15, -0.1) is 0 Å². The number of rotatable bonds is 3. The second-order valence-corrected chi connectivity index (χ2v) is 7.04. The monoisotopic (exact) mass is 352 g/mol. The van der Waals surface area contributed by atoms with Gasteiger partial charge in [0.2, 0.25) is 0 Å². The second-order valence-electron chi connectivity index (χ2n) is 6.12. The molecule has 2 N–H and O–H groups in total. The smallest absolute Gasteiger partial charge is 0.252 e. The van der Waals surface area contributed by atoms with E-state index in [2.05, 4.69) is 38.3 Å². The Morgan fingerprint density at radius 2 is 1.95 bits per heavy atom. The Bertz CT molecular complexity index is 512. The summed E-state index contributed by atoms with van der Waals surface area (Å²) in [5, 5.41) is 13.3. The van der Waals surface area contributed by atoms with Crippen molar-refractivity contribution in [1.82, 2.24) is 5.32 Å². The van der Waals surface area contributed by atoms with E-state index < -0.39 is 5.60 Å². The fourth-order valence-electron chi connectivity index (χ4n) is 3.27. The lowest BCUT2D eigenvalue weighted by molar-refractivity contribution is -0.139. The maximum Gasteiger partial charge on any atom is 0.252 e. The van der Waals surface area contributed by atoms with Crippen LogP contribution in [0, 0.1) is 0 Å². The van der Waals surface area contributed by atoms with E-state index in [-0.39, 0.29) is 11.9 Å². The highest BCUT2D eigenvalue weighted by molar-refractivity contribution is 9.10. The minimum atomic E-state index is -1.12. The Kier molecular flexibility index (Phi) is 4.22. The lowest BCUT2D eigenvalue weighted by Crippen LogP contribution is -2.49. The van der Waals surface area contributed by atoms with Gasteiger partial charge in [0.15, 0.2) is 0 Å². The van der Waals surface area contributed by atoms with E-state index in [0.29, 0.717) is 12.8 Å². The van der Waals surface area contributed by atoms with Crippen LogP contribution >= 0.6 is 15.9 Å². The summed E-state index contributed by atoms with van der Waals surface area (Å²) >= 11 is 3.44. The van der Waals surface area contributed by atoms with E-state index in [1.54, 1.807) is 0 Å². The number of amides is 1. The number of hydrogen-bond donors (Lipinski definition) is 2. The van der Waals surface area contributed by atoms with E-state index in [1.165, 1.54) is 5.69 Å². The van der Waals surface area contributed by atoms with Gasteiger partial charge < -0.3 is 15.3 Å². The van der Waals surface area contributed by atoms with Crippen molar-refractivity contribution in [2.24, 2.45) is 0 Å². The Labute approximate surface area is 133 Å². The van der Waals surface area contributed by atoms with E-state index in [4.69, 9.17) is 0 Å². The molecule has 1 atom stereocenters.